The third kappa shape index (κ3) is 2.50. The van der Waals surface area contributed by atoms with Gasteiger partial charge in [-0.2, -0.15) is 16.9 Å². The Morgan fingerprint density at radius 2 is 2.18 bits per heavy atom. The Bertz CT molecular complexity index is 519. The van der Waals surface area contributed by atoms with Gasteiger partial charge in [0, 0.05) is 6.42 Å². The van der Waals surface area contributed by atoms with Gasteiger partial charge in [-0.15, -0.1) is 0 Å². The SMILES string of the molecule is Brc1cccc2nc(CC3CCSCC3)nn12. The van der Waals surface area contributed by atoms with E-state index in [0.29, 0.717) is 0 Å². The molecule has 0 aliphatic carbocycles. The fourth-order valence-corrected chi connectivity index (χ4v) is 3.83. The van der Waals surface area contributed by atoms with Gasteiger partial charge in [0.25, 0.3) is 0 Å². The van der Waals surface area contributed by atoms with E-state index in [-0.39, 0.29) is 0 Å². The Morgan fingerprint density at radius 3 is 2.94 bits per heavy atom. The van der Waals surface area contributed by atoms with Crippen LogP contribution in [0.1, 0.15) is 18.7 Å². The van der Waals surface area contributed by atoms with Gasteiger partial charge in [0.2, 0.25) is 0 Å². The van der Waals surface area contributed by atoms with E-state index in [9.17, 15) is 0 Å². The van der Waals surface area contributed by atoms with Gasteiger partial charge in [0.05, 0.1) is 0 Å². The molecule has 1 fully saturated rings. The maximum absolute atomic E-state index is 4.58. The summed E-state index contributed by atoms with van der Waals surface area (Å²) >= 11 is 5.56. The Kier molecular flexibility index (Phi) is 3.38. The minimum Gasteiger partial charge on any atom is -0.212 e. The van der Waals surface area contributed by atoms with E-state index >= 15 is 0 Å². The smallest absolute Gasteiger partial charge is 0.156 e. The zero-order valence-corrected chi connectivity index (χ0v) is 11.9. The first-order valence-electron chi connectivity index (χ1n) is 5.91. The van der Waals surface area contributed by atoms with Crippen molar-refractivity contribution in [3.63, 3.8) is 0 Å². The molecule has 1 aliphatic heterocycles. The summed E-state index contributed by atoms with van der Waals surface area (Å²) < 4.78 is 2.83. The molecule has 3 heterocycles. The van der Waals surface area contributed by atoms with Gasteiger partial charge in [0.1, 0.15) is 4.60 Å². The van der Waals surface area contributed by atoms with E-state index in [1.54, 1.807) is 0 Å². The highest BCUT2D eigenvalue weighted by atomic mass is 79.9. The highest BCUT2D eigenvalue weighted by molar-refractivity contribution is 9.10. The molecule has 90 valence electrons. The summed E-state index contributed by atoms with van der Waals surface area (Å²) in [5.41, 5.74) is 0.930. The van der Waals surface area contributed by atoms with Crippen LogP contribution in [0, 0.1) is 5.92 Å². The Labute approximate surface area is 113 Å². The van der Waals surface area contributed by atoms with E-state index in [4.69, 9.17) is 0 Å². The second-order valence-corrected chi connectivity index (χ2v) is 6.44. The summed E-state index contributed by atoms with van der Waals surface area (Å²) in [6.07, 6.45) is 3.64. The molecule has 1 saturated heterocycles. The van der Waals surface area contributed by atoms with Crippen molar-refractivity contribution in [3.05, 3.63) is 28.6 Å². The summed E-state index contributed by atoms with van der Waals surface area (Å²) in [6.45, 7) is 0. The molecule has 3 nitrogen and oxygen atoms in total. The van der Waals surface area contributed by atoms with E-state index < -0.39 is 0 Å². The van der Waals surface area contributed by atoms with E-state index in [1.807, 2.05) is 22.7 Å². The molecule has 0 unspecified atom stereocenters. The van der Waals surface area contributed by atoms with Crippen molar-refractivity contribution in [2.24, 2.45) is 5.92 Å². The molecule has 0 bridgehead atoms. The maximum Gasteiger partial charge on any atom is 0.156 e. The van der Waals surface area contributed by atoms with Gasteiger partial charge in [-0.05, 0) is 58.3 Å². The van der Waals surface area contributed by atoms with Gasteiger partial charge in [-0.1, -0.05) is 6.07 Å². The largest absolute Gasteiger partial charge is 0.212 e. The summed E-state index contributed by atoms with van der Waals surface area (Å²) in [5.74, 6) is 4.34. The van der Waals surface area contributed by atoms with Crippen LogP contribution in [0.15, 0.2) is 22.8 Å². The average molecular weight is 312 g/mol. The molecule has 1 aliphatic rings. The van der Waals surface area contributed by atoms with Crippen molar-refractivity contribution in [2.75, 3.05) is 11.5 Å². The van der Waals surface area contributed by atoms with Gasteiger partial charge < -0.3 is 0 Å². The predicted molar refractivity (Wildman–Crippen MR) is 74.4 cm³/mol. The first kappa shape index (κ1) is 11.5. The molecular formula is C12H14BrN3S. The standard InChI is InChI=1S/C12H14BrN3S/c13-10-2-1-3-12-14-11(15-16(10)12)8-9-4-6-17-7-5-9/h1-3,9H,4-8H2. The number of aromatic nitrogens is 3. The zero-order chi connectivity index (χ0) is 11.7. The summed E-state index contributed by atoms with van der Waals surface area (Å²) in [5, 5.41) is 4.56. The lowest BCUT2D eigenvalue weighted by Crippen LogP contribution is -2.13. The van der Waals surface area contributed by atoms with Crippen molar-refractivity contribution in [1.29, 1.82) is 0 Å². The van der Waals surface area contributed by atoms with Gasteiger partial charge in [-0.25, -0.2) is 9.50 Å². The van der Waals surface area contributed by atoms with Gasteiger partial charge >= 0.3 is 0 Å². The molecule has 0 amide bonds. The van der Waals surface area contributed by atoms with E-state index in [0.717, 1.165) is 28.4 Å². The number of fused-ring (bicyclic) bond motifs is 1. The van der Waals surface area contributed by atoms with Crippen LogP contribution in [0.25, 0.3) is 5.65 Å². The number of pyridine rings is 1. The topological polar surface area (TPSA) is 30.2 Å². The summed E-state index contributed by atoms with van der Waals surface area (Å²) in [6, 6.07) is 5.98. The summed E-state index contributed by atoms with van der Waals surface area (Å²) in [7, 11) is 0. The molecule has 0 radical (unpaired) electrons. The van der Waals surface area contributed by atoms with Crippen LogP contribution in [-0.2, 0) is 6.42 Å². The molecule has 0 atom stereocenters. The Hall–Kier alpha value is -0.550. The molecule has 3 rings (SSSR count). The molecule has 0 N–H and O–H groups in total. The number of halogens is 1. The minimum absolute atomic E-state index is 0.771. The minimum atomic E-state index is 0.771. The van der Waals surface area contributed by atoms with E-state index in [2.05, 4.69) is 37.8 Å². The predicted octanol–water partition coefficient (Wildman–Crippen LogP) is 3.18. The van der Waals surface area contributed by atoms with Crippen molar-refractivity contribution in [1.82, 2.24) is 14.6 Å². The lowest BCUT2D eigenvalue weighted by atomic mass is 9.99. The summed E-state index contributed by atoms with van der Waals surface area (Å²) in [4.78, 5) is 4.58. The fourth-order valence-electron chi connectivity index (χ4n) is 2.21. The number of nitrogens with zero attached hydrogens (tertiary/aromatic N) is 3. The van der Waals surface area contributed by atoms with Crippen molar-refractivity contribution in [2.45, 2.75) is 19.3 Å². The monoisotopic (exact) mass is 311 g/mol. The lowest BCUT2D eigenvalue weighted by molar-refractivity contribution is 0.476. The van der Waals surface area contributed by atoms with Crippen LogP contribution in [0.4, 0.5) is 0 Å². The second-order valence-electron chi connectivity index (χ2n) is 4.41. The third-order valence-corrected chi connectivity index (χ3v) is 4.82. The molecule has 0 spiro atoms. The van der Waals surface area contributed by atoms with Crippen LogP contribution < -0.4 is 0 Å². The molecule has 0 aromatic carbocycles. The van der Waals surface area contributed by atoms with E-state index in [1.165, 1.54) is 24.3 Å². The third-order valence-electron chi connectivity index (χ3n) is 3.17. The first-order chi connectivity index (χ1) is 8.33. The average Bonchev–Trinajstić information content (AvgIpc) is 2.74. The van der Waals surface area contributed by atoms with Gasteiger partial charge in [-0.3, -0.25) is 0 Å². The molecule has 0 saturated carbocycles. The van der Waals surface area contributed by atoms with Crippen LogP contribution in [0.2, 0.25) is 0 Å². The van der Waals surface area contributed by atoms with Crippen LogP contribution in [0.5, 0.6) is 0 Å². The maximum atomic E-state index is 4.58. The normalized spacial score (nSPS) is 17.7. The van der Waals surface area contributed by atoms with Crippen LogP contribution >= 0.6 is 27.7 Å². The lowest BCUT2D eigenvalue weighted by Gasteiger charge is -2.19. The highest BCUT2D eigenvalue weighted by Crippen LogP contribution is 2.25. The number of rotatable bonds is 2. The quantitative estimate of drug-likeness (QED) is 0.798. The Balaban J connectivity index is 1.83. The first-order valence-corrected chi connectivity index (χ1v) is 7.85. The zero-order valence-electron chi connectivity index (χ0n) is 9.47. The molecule has 2 aromatic rings. The molecule has 2 aromatic heterocycles. The van der Waals surface area contributed by atoms with Gasteiger partial charge in [0.15, 0.2) is 11.5 Å². The number of hydrogen-bond acceptors (Lipinski definition) is 3. The Morgan fingerprint density at radius 1 is 1.35 bits per heavy atom. The van der Waals surface area contributed by atoms with Crippen molar-refractivity contribution >= 4 is 33.3 Å². The number of hydrogen-bond donors (Lipinski definition) is 0. The number of thioether (sulfide) groups is 1. The van der Waals surface area contributed by atoms with Crippen LogP contribution in [0.3, 0.4) is 0 Å². The molecule has 5 heteroatoms. The fraction of sp³-hybridized carbons (Fsp3) is 0.500. The highest BCUT2D eigenvalue weighted by Gasteiger charge is 2.16. The van der Waals surface area contributed by atoms with Crippen LogP contribution in [-0.4, -0.2) is 26.1 Å². The van der Waals surface area contributed by atoms with Crippen molar-refractivity contribution in [3.8, 4) is 0 Å². The molecular weight excluding hydrogens is 298 g/mol. The molecule has 17 heavy (non-hydrogen) atoms. The second kappa shape index (κ2) is 4.98. The van der Waals surface area contributed by atoms with Crippen molar-refractivity contribution < 1.29 is 0 Å².